The molecule has 1 saturated heterocycles. The van der Waals surface area contributed by atoms with Gasteiger partial charge >= 0.3 is 0 Å². The summed E-state index contributed by atoms with van der Waals surface area (Å²) in [5.74, 6) is -0.157. The number of nitrogens with zero attached hydrogens (tertiary/aromatic N) is 2. The number of fused-ring (bicyclic) bond motifs is 1. The van der Waals surface area contributed by atoms with E-state index in [1.54, 1.807) is 11.8 Å². The van der Waals surface area contributed by atoms with Crippen molar-refractivity contribution < 1.29 is 14.3 Å². The van der Waals surface area contributed by atoms with Gasteiger partial charge in [-0.1, -0.05) is 18.2 Å². The number of amides is 2. The molecule has 0 spiro atoms. The number of hydrogen-bond acceptors (Lipinski definition) is 4. The molecule has 1 atom stereocenters. The number of hydrogen-bond donors (Lipinski definition) is 1. The highest BCUT2D eigenvalue weighted by atomic mass is 16.5. The summed E-state index contributed by atoms with van der Waals surface area (Å²) in [6.07, 6.45) is 0. The highest BCUT2D eigenvalue weighted by molar-refractivity contribution is 6.00. The van der Waals surface area contributed by atoms with E-state index in [-0.39, 0.29) is 11.8 Å². The zero-order valence-corrected chi connectivity index (χ0v) is 13.5. The standard InChI is InChI=1S/C17H23N3O3/c1-13(16(21)18-6-7-19-8-10-23-11-9-19)20-12-14-4-2-3-5-15(14)17(20)22/h2-5,13H,6-12H2,1H3,(H,18,21)/t13-/m0/s1. The Bertz CT molecular complexity index is 584. The van der Waals surface area contributed by atoms with Crippen LogP contribution in [-0.2, 0) is 16.1 Å². The van der Waals surface area contributed by atoms with E-state index < -0.39 is 6.04 Å². The first-order valence-corrected chi connectivity index (χ1v) is 8.13. The Hall–Kier alpha value is -1.92. The van der Waals surface area contributed by atoms with E-state index in [0.29, 0.717) is 18.7 Å². The van der Waals surface area contributed by atoms with Crippen molar-refractivity contribution in [3.63, 3.8) is 0 Å². The number of benzene rings is 1. The average Bonchev–Trinajstić information content (AvgIpc) is 2.92. The van der Waals surface area contributed by atoms with Crippen LogP contribution in [0.2, 0.25) is 0 Å². The molecule has 2 aliphatic heterocycles. The summed E-state index contributed by atoms with van der Waals surface area (Å²) in [5.41, 5.74) is 1.70. The summed E-state index contributed by atoms with van der Waals surface area (Å²) in [6, 6.07) is 7.08. The van der Waals surface area contributed by atoms with Crippen molar-refractivity contribution in [3.05, 3.63) is 35.4 Å². The molecule has 6 heteroatoms. The molecule has 0 aromatic heterocycles. The van der Waals surface area contributed by atoms with Gasteiger partial charge in [0, 0.05) is 38.3 Å². The quantitative estimate of drug-likeness (QED) is 0.858. The van der Waals surface area contributed by atoms with Crippen LogP contribution < -0.4 is 5.32 Å². The molecule has 0 aliphatic carbocycles. The van der Waals surface area contributed by atoms with Gasteiger partial charge in [0.2, 0.25) is 5.91 Å². The van der Waals surface area contributed by atoms with Crippen molar-refractivity contribution in [2.45, 2.75) is 19.5 Å². The van der Waals surface area contributed by atoms with Crippen LogP contribution in [-0.4, -0.2) is 67.0 Å². The largest absolute Gasteiger partial charge is 0.379 e. The maximum Gasteiger partial charge on any atom is 0.255 e. The van der Waals surface area contributed by atoms with Gasteiger partial charge in [-0.15, -0.1) is 0 Å². The second-order valence-corrected chi connectivity index (χ2v) is 6.01. The van der Waals surface area contributed by atoms with Gasteiger partial charge in [0.15, 0.2) is 0 Å². The fourth-order valence-electron chi connectivity index (χ4n) is 3.04. The summed E-state index contributed by atoms with van der Waals surface area (Å²) in [6.45, 7) is 7.03. The Labute approximate surface area is 136 Å². The third-order valence-corrected chi connectivity index (χ3v) is 4.53. The molecule has 6 nitrogen and oxygen atoms in total. The lowest BCUT2D eigenvalue weighted by molar-refractivity contribution is -0.125. The molecule has 2 aliphatic rings. The highest BCUT2D eigenvalue weighted by Crippen LogP contribution is 2.24. The fraction of sp³-hybridized carbons (Fsp3) is 0.529. The zero-order valence-electron chi connectivity index (χ0n) is 13.5. The van der Waals surface area contributed by atoms with Gasteiger partial charge in [-0.3, -0.25) is 14.5 Å². The van der Waals surface area contributed by atoms with Crippen LogP contribution in [0.15, 0.2) is 24.3 Å². The van der Waals surface area contributed by atoms with Crippen LogP contribution >= 0.6 is 0 Å². The molecule has 124 valence electrons. The molecule has 0 unspecified atom stereocenters. The Morgan fingerprint density at radius 2 is 2.04 bits per heavy atom. The van der Waals surface area contributed by atoms with E-state index in [1.807, 2.05) is 24.3 Å². The molecular weight excluding hydrogens is 294 g/mol. The molecule has 1 fully saturated rings. The molecule has 0 radical (unpaired) electrons. The van der Waals surface area contributed by atoms with Gasteiger partial charge < -0.3 is 15.0 Å². The van der Waals surface area contributed by atoms with Gasteiger partial charge in [0.05, 0.1) is 13.2 Å². The van der Waals surface area contributed by atoms with Crippen molar-refractivity contribution in [2.24, 2.45) is 0 Å². The summed E-state index contributed by atoms with van der Waals surface area (Å²) >= 11 is 0. The van der Waals surface area contributed by atoms with Crippen LogP contribution in [0.25, 0.3) is 0 Å². The Kier molecular flexibility index (Phi) is 4.93. The van der Waals surface area contributed by atoms with Crippen molar-refractivity contribution in [1.82, 2.24) is 15.1 Å². The van der Waals surface area contributed by atoms with Crippen LogP contribution in [0.1, 0.15) is 22.8 Å². The molecule has 1 N–H and O–H groups in total. The summed E-state index contributed by atoms with van der Waals surface area (Å²) < 4.78 is 5.30. The zero-order chi connectivity index (χ0) is 16.2. The van der Waals surface area contributed by atoms with Gasteiger partial charge in [-0.2, -0.15) is 0 Å². The Morgan fingerprint density at radius 1 is 1.30 bits per heavy atom. The summed E-state index contributed by atoms with van der Waals surface area (Å²) in [7, 11) is 0. The third-order valence-electron chi connectivity index (χ3n) is 4.53. The van der Waals surface area contributed by atoms with Gasteiger partial charge in [0.1, 0.15) is 6.04 Å². The first-order valence-electron chi connectivity index (χ1n) is 8.13. The smallest absolute Gasteiger partial charge is 0.255 e. The van der Waals surface area contributed by atoms with Crippen molar-refractivity contribution in [1.29, 1.82) is 0 Å². The Morgan fingerprint density at radius 3 is 2.78 bits per heavy atom. The average molecular weight is 317 g/mol. The van der Waals surface area contributed by atoms with Crippen molar-refractivity contribution >= 4 is 11.8 Å². The minimum atomic E-state index is -0.459. The SMILES string of the molecule is C[C@@H](C(=O)NCCN1CCOCC1)N1Cc2ccccc2C1=O. The van der Waals surface area contributed by atoms with E-state index in [4.69, 9.17) is 4.74 Å². The second kappa shape index (κ2) is 7.10. The number of carbonyl (C=O) groups is 2. The minimum Gasteiger partial charge on any atom is -0.379 e. The molecular formula is C17H23N3O3. The van der Waals surface area contributed by atoms with Gasteiger partial charge in [-0.05, 0) is 18.6 Å². The molecule has 3 rings (SSSR count). The third kappa shape index (κ3) is 3.54. The number of nitrogens with one attached hydrogen (secondary N) is 1. The lowest BCUT2D eigenvalue weighted by Gasteiger charge is -2.27. The topological polar surface area (TPSA) is 61.9 Å². The Balaban J connectivity index is 1.49. The molecule has 1 aromatic rings. The lowest BCUT2D eigenvalue weighted by atomic mass is 10.1. The summed E-state index contributed by atoms with van der Waals surface area (Å²) in [4.78, 5) is 28.6. The monoisotopic (exact) mass is 317 g/mol. The van der Waals surface area contributed by atoms with E-state index in [1.165, 1.54) is 0 Å². The van der Waals surface area contributed by atoms with Crippen molar-refractivity contribution in [3.8, 4) is 0 Å². The van der Waals surface area contributed by atoms with E-state index in [0.717, 1.165) is 38.4 Å². The predicted molar refractivity (Wildman–Crippen MR) is 86.0 cm³/mol. The van der Waals surface area contributed by atoms with Crippen LogP contribution in [0.4, 0.5) is 0 Å². The van der Waals surface area contributed by atoms with Crippen molar-refractivity contribution in [2.75, 3.05) is 39.4 Å². The second-order valence-electron chi connectivity index (χ2n) is 6.01. The maximum atomic E-state index is 12.4. The number of ether oxygens (including phenoxy) is 1. The highest BCUT2D eigenvalue weighted by Gasteiger charge is 2.33. The maximum absolute atomic E-state index is 12.4. The van der Waals surface area contributed by atoms with Crippen LogP contribution in [0.3, 0.4) is 0 Å². The lowest BCUT2D eigenvalue weighted by Crippen LogP contribution is -2.47. The molecule has 0 saturated carbocycles. The first kappa shape index (κ1) is 16.0. The number of morpholine rings is 1. The van der Waals surface area contributed by atoms with Crippen LogP contribution in [0.5, 0.6) is 0 Å². The first-order chi connectivity index (χ1) is 11.2. The molecule has 2 heterocycles. The van der Waals surface area contributed by atoms with E-state index >= 15 is 0 Å². The van der Waals surface area contributed by atoms with Crippen LogP contribution in [0, 0.1) is 0 Å². The van der Waals surface area contributed by atoms with Gasteiger partial charge in [0.25, 0.3) is 5.91 Å². The molecule has 1 aromatic carbocycles. The predicted octanol–water partition coefficient (Wildman–Crippen LogP) is 0.479. The fourth-order valence-corrected chi connectivity index (χ4v) is 3.04. The normalized spacial score (nSPS) is 19.5. The summed E-state index contributed by atoms with van der Waals surface area (Å²) in [5, 5.41) is 2.94. The number of carbonyl (C=O) groups excluding carboxylic acids is 2. The molecule has 2 amide bonds. The minimum absolute atomic E-state index is 0.0589. The van der Waals surface area contributed by atoms with E-state index in [2.05, 4.69) is 10.2 Å². The number of rotatable bonds is 5. The molecule has 23 heavy (non-hydrogen) atoms. The van der Waals surface area contributed by atoms with E-state index in [9.17, 15) is 9.59 Å². The van der Waals surface area contributed by atoms with Gasteiger partial charge in [-0.25, -0.2) is 0 Å². The molecule has 0 bridgehead atoms.